The van der Waals surface area contributed by atoms with Crippen molar-refractivity contribution < 1.29 is 15.0 Å². The summed E-state index contributed by atoms with van der Waals surface area (Å²) in [6.45, 7) is 4.28. The van der Waals surface area contributed by atoms with Gasteiger partial charge in [0.2, 0.25) is 5.91 Å². The summed E-state index contributed by atoms with van der Waals surface area (Å²) in [4.78, 5) is 12.2. The van der Waals surface area contributed by atoms with Crippen LogP contribution < -0.4 is 5.32 Å². The van der Waals surface area contributed by atoms with Gasteiger partial charge in [0.25, 0.3) is 0 Å². The van der Waals surface area contributed by atoms with Crippen molar-refractivity contribution in [3.8, 4) is 0 Å². The fourth-order valence-electron chi connectivity index (χ4n) is 7.24. The van der Waals surface area contributed by atoms with Crippen molar-refractivity contribution in [2.45, 2.75) is 270 Å². The Bertz CT molecular complexity index is 680. The first-order valence-corrected chi connectivity index (χ1v) is 22.9. The molecular formula is C46H91NO3. The maximum absolute atomic E-state index is 12.2. The lowest BCUT2D eigenvalue weighted by atomic mass is 10.0. The van der Waals surface area contributed by atoms with Crippen molar-refractivity contribution in [2.24, 2.45) is 0 Å². The number of hydrogen-bond donors (Lipinski definition) is 3. The largest absolute Gasteiger partial charge is 0.394 e. The second-order valence-corrected chi connectivity index (χ2v) is 15.8. The summed E-state index contributed by atoms with van der Waals surface area (Å²) >= 11 is 0. The Morgan fingerprint density at radius 1 is 0.460 bits per heavy atom. The molecule has 298 valence electrons. The second-order valence-electron chi connectivity index (χ2n) is 15.8. The number of carbonyl (C=O) groups is 1. The van der Waals surface area contributed by atoms with Gasteiger partial charge in [-0.2, -0.15) is 0 Å². The number of unbranched alkanes of at least 4 members (excludes halogenated alkanes) is 35. The first-order chi connectivity index (χ1) is 24.7. The molecule has 0 aliphatic carbocycles. The predicted octanol–water partition coefficient (Wildman–Crippen LogP) is 14.2. The van der Waals surface area contributed by atoms with Crippen LogP contribution in [-0.4, -0.2) is 34.9 Å². The number of hydrogen-bond acceptors (Lipinski definition) is 3. The standard InChI is InChI=1S/C46H91NO3/c1-3-5-7-9-11-12-13-14-15-16-17-18-19-20-21-22-23-24-25-26-27-28-29-30-31-32-33-34-36-37-39-41-45(49)44(43-48)47-46(50)42-40-38-35-10-8-6-4-2/h39,41,44-45,48-49H,3-38,40,42-43H2,1-2H3,(H,47,50)/b41-39+. The van der Waals surface area contributed by atoms with Crippen molar-refractivity contribution in [3.05, 3.63) is 12.2 Å². The average Bonchev–Trinajstić information content (AvgIpc) is 3.12. The Balaban J connectivity index is 3.37. The second kappa shape index (κ2) is 42.5. The SMILES string of the molecule is CCCCCCCCCCCCCCCCCCCCCCCCCCCCCCC/C=C/C(O)C(CO)NC(=O)CCCCCCCCC. The van der Waals surface area contributed by atoms with Crippen molar-refractivity contribution >= 4 is 5.91 Å². The van der Waals surface area contributed by atoms with Crippen LogP contribution in [0.25, 0.3) is 0 Å². The normalized spacial score (nSPS) is 13.0. The molecule has 0 fully saturated rings. The third-order valence-electron chi connectivity index (χ3n) is 10.8. The van der Waals surface area contributed by atoms with Gasteiger partial charge < -0.3 is 15.5 Å². The quantitative estimate of drug-likeness (QED) is 0.0437. The van der Waals surface area contributed by atoms with Gasteiger partial charge in [-0.15, -0.1) is 0 Å². The zero-order valence-corrected chi connectivity index (χ0v) is 34.2. The molecule has 0 saturated heterocycles. The summed E-state index contributed by atoms with van der Waals surface area (Å²) in [7, 11) is 0. The van der Waals surface area contributed by atoms with Crippen molar-refractivity contribution in [3.63, 3.8) is 0 Å². The molecular weight excluding hydrogens is 615 g/mol. The van der Waals surface area contributed by atoms with Gasteiger partial charge in [0.1, 0.15) is 0 Å². The van der Waals surface area contributed by atoms with Crippen LogP contribution in [0.15, 0.2) is 12.2 Å². The molecule has 0 heterocycles. The van der Waals surface area contributed by atoms with Gasteiger partial charge in [-0.05, 0) is 19.3 Å². The van der Waals surface area contributed by atoms with Crippen LogP contribution in [0.2, 0.25) is 0 Å². The van der Waals surface area contributed by atoms with Gasteiger partial charge in [0, 0.05) is 6.42 Å². The molecule has 0 aromatic rings. The van der Waals surface area contributed by atoms with Crippen LogP contribution in [0.1, 0.15) is 258 Å². The van der Waals surface area contributed by atoms with E-state index < -0.39 is 12.1 Å². The molecule has 2 unspecified atom stereocenters. The third-order valence-corrected chi connectivity index (χ3v) is 10.8. The van der Waals surface area contributed by atoms with Crippen LogP contribution in [0.4, 0.5) is 0 Å². The minimum atomic E-state index is -0.832. The average molecular weight is 706 g/mol. The van der Waals surface area contributed by atoms with Crippen LogP contribution in [-0.2, 0) is 4.79 Å². The smallest absolute Gasteiger partial charge is 0.220 e. The maximum atomic E-state index is 12.2. The fraction of sp³-hybridized carbons (Fsp3) is 0.935. The first kappa shape index (κ1) is 49.1. The maximum Gasteiger partial charge on any atom is 0.220 e. The summed E-state index contributed by atoms with van der Waals surface area (Å²) < 4.78 is 0. The summed E-state index contributed by atoms with van der Waals surface area (Å²) in [5, 5.41) is 22.9. The Labute approximate surface area is 314 Å². The number of carbonyl (C=O) groups excluding carboxylic acids is 1. The van der Waals surface area contributed by atoms with Gasteiger partial charge in [0.05, 0.1) is 18.8 Å². The van der Waals surface area contributed by atoms with E-state index in [0.717, 1.165) is 25.7 Å². The Morgan fingerprint density at radius 3 is 1.04 bits per heavy atom. The monoisotopic (exact) mass is 706 g/mol. The lowest BCUT2D eigenvalue weighted by Crippen LogP contribution is -2.45. The molecule has 0 spiro atoms. The molecule has 4 nitrogen and oxygen atoms in total. The highest BCUT2D eigenvalue weighted by Gasteiger charge is 2.17. The van der Waals surface area contributed by atoms with E-state index in [1.807, 2.05) is 6.08 Å². The van der Waals surface area contributed by atoms with E-state index in [4.69, 9.17) is 0 Å². The summed E-state index contributed by atoms with van der Waals surface area (Å²) in [5.41, 5.74) is 0. The highest BCUT2D eigenvalue weighted by atomic mass is 16.3. The molecule has 3 N–H and O–H groups in total. The highest BCUT2D eigenvalue weighted by molar-refractivity contribution is 5.76. The topological polar surface area (TPSA) is 69.6 Å². The van der Waals surface area contributed by atoms with E-state index in [0.29, 0.717) is 6.42 Å². The lowest BCUT2D eigenvalue weighted by molar-refractivity contribution is -0.123. The summed E-state index contributed by atoms with van der Waals surface area (Å²) in [6.07, 6.45) is 53.7. The van der Waals surface area contributed by atoms with Gasteiger partial charge >= 0.3 is 0 Å². The molecule has 0 saturated carbocycles. The van der Waals surface area contributed by atoms with Gasteiger partial charge in [-0.25, -0.2) is 0 Å². The van der Waals surface area contributed by atoms with Crippen molar-refractivity contribution in [1.29, 1.82) is 0 Å². The number of allylic oxidation sites excluding steroid dienone is 1. The van der Waals surface area contributed by atoms with Crippen LogP contribution >= 0.6 is 0 Å². The minimum absolute atomic E-state index is 0.0686. The van der Waals surface area contributed by atoms with E-state index in [1.165, 1.54) is 212 Å². The van der Waals surface area contributed by atoms with Crippen LogP contribution in [0, 0.1) is 0 Å². The number of amides is 1. The van der Waals surface area contributed by atoms with Gasteiger partial charge in [0.15, 0.2) is 0 Å². The first-order valence-electron chi connectivity index (χ1n) is 22.9. The molecule has 0 bridgehead atoms. The van der Waals surface area contributed by atoms with E-state index in [1.54, 1.807) is 6.08 Å². The third kappa shape index (κ3) is 38.4. The molecule has 0 radical (unpaired) electrons. The number of aliphatic hydroxyl groups is 2. The number of nitrogens with one attached hydrogen (secondary N) is 1. The number of rotatable bonds is 42. The molecule has 4 heteroatoms. The van der Waals surface area contributed by atoms with E-state index in [9.17, 15) is 15.0 Å². The van der Waals surface area contributed by atoms with Gasteiger partial charge in [-0.3, -0.25) is 4.79 Å². The van der Waals surface area contributed by atoms with Crippen LogP contribution in [0.3, 0.4) is 0 Å². The van der Waals surface area contributed by atoms with Crippen molar-refractivity contribution in [1.82, 2.24) is 5.32 Å². The minimum Gasteiger partial charge on any atom is -0.394 e. The molecule has 0 aromatic carbocycles. The lowest BCUT2D eigenvalue weighted by Gasteiger charge is -2.20. The summed E-state index contributed by atoms with van der Waals surface area (Å²) in [5.74, 6) is -0.0686. The zero-order valence-electron chi connectivity index (χ0n) is 34.2. The van der Waals surface area contributed by atoms with Crippen LogP contribution in [0.5, 0.6) is 0 Å². The van der Waals surface area contributed by atoms with Gasteiger partial charge in [-0.1, -0.05) is 244 Å². The molecule has 50 heavy (non-hydrogen) atoms. The molecule has 0 aliphatic heterocycles. The Kier molecular flexibility index (Phi) is 41.8. The molecule has 0 rings (SSSR count). The Morgan fingerprint density at radius 2 is 0.740 bits per heavy atom. The molecule has 1 amide bonds. The van der Waals surface area contributed by atoms with E-state index in [2.05, 4.69) is 19.2 Å². The van der Waals surface area contributed by atoms with Crippen molar-refractivity contribution in [2.75, 3.05) is 6.61 Å². The Hall–Kier alpha value is -0.870. The highest BCUT2D eigenvalue weighted by Crippen LogP contribution is 2.17. The zero-order chi connectivity index (χ0) is 36.4. The molecule has 2 atom stereocenters. The molecule has 0 aromatic heterocycles. The fourth-order valence-corrected chi connectivity index (χ4v) is 7.24. The number of aliphatic hydroxyl groups excluding tert-OH is 2. The summed E-state index contributed by atoms with van der Waals surface area (Å²) in [6, 6.07) is -0.614. The molecule has 0 aliphatic rings. The predicted molar refractivity (Wildman–Crippen MR) is 221 cm³/mol. The van der Waals surface area contributed by atoms with E-state index in [-0.39, 0.29) is 12.5 Å². The van der Waals surface area contributed by atoms with E-state index >= 15 is 0 Å².